The summed E-state index contributed by atoms with van der Waals surface area (Å²) in [6.45, 7) is 0. The molecule has 1 aliphatic rings. The van der Waals surface area contributed by atoms with E-state index in [0.717, 1.165) is 12.8 Å². The van der Waals surface area contributed by atoms with Crippen molar-refractivity contribution < 1.29 is 9.90 Å². The van der Waals surface area contributed by atoms with Gasteiger partial charge in [-0.2, -0.15) is 5.26 Å². The summed E-state index contributed by atoms with van der Waals surface area (Å²) in [7, 11) is 0. The Morgan fingerprint density at radius 3 is 2.82 bits per heavy atom. The van der Waals surface area contributed by atoms with Gasteiger partial charge in [-0.3, -0.25) is 4.79 Å². The summed E-state index contributed by atoms with van der Waals surface area (Å²) in [5.74, 6) is -0.237. The van der Waals surface area contributed by atoms with E-state index >= 15 is 0 Å². The lowest BCUT2D eigenvalue weighted by Crippen LogP contribution is -2.35. The number of nitrogens with one attached hydrogen (secondary N) is 1. The number of phenols is 1. The van der Waals surface area contributed by atoms with Crippen LogP contribution in [0.1, 0.15) is 23.2 Å². The van der Waals surface area contributed by atoms with Crippen molar-refractivity contribution in [2.75, 3.05) is 0 Å². The lowest BCUT2D eigenvalue weighted by molar-refractivity contribution is 0.0939. The Morgan fingerprint density at radius 2 is 2.29 bits per heavy atom. The summed E-state index contributed by atoms with van der Waals surface area (Å²) in [5.41, 5.74) is 0.189. The lowest BCUT2D eigenvalue weighted by Gasteiger charge is -2.11. The number of benzene rings is 1. The van der Waals surface area contributed by atoms with Crippen molar-refractivity contribution in [1.82, 2.24) is 5.32 Å². The fourth-order valence-electron chi connectivity index (χ4n) is 1.60. The molecule has 1 unspecified atom stereocenters. The van der Waals surface area contributed by atoms with E-state index < -0.39 is 11.9 Å². The van der Waals surface area contributed by atoms with Crippen molar-refractivity contribution in [3.8, 4) is 11.8 Å². The van der Waals surface area contributed by atoms with E-state index in [1.165, 1.54) is 12.1 Å². The van der Waals surface area contributed by atoms with Crippen molar-refractivity contribution in [3.63, 3.8) is 0 Å². The molecule has 0 aliphatic heterocycles. The van der Waals surface area contributed by atoms with Gasteiger partial charge in [-0.05, 0) is 37.0 Å². The number of hydrogen-bond acceptors (Lipinski definition) is 3. The van der Waals surface area contributed by atoms with Crippen LogP contribution >= 0.6 is 15.9 Å². The van der Waals surface area contributed by atoms with Crippen LogP contribution < -0.4 is 5.32 Å². The molecule has 2 rings (SSSR count). The summed E-state index contributed by atoms with van der Waals surface area (Å²) < 4.78 is 0.700. The largest absolute Gasteiger partial charge is 0.507 e. The van der Waals surface area contributed by atoms with Gasteiger partial charge >= 0.3 is 0 Å². The number of nitriles is 1. The Kier molecular flexibility index (Phi) is 3.34. The number of halogens is 1. The zero-order valence-corrected chi connectivity index (χ0v) is 10.6. The number of carbonyl (C=O) groups excluding carboxylic acids is 1. The average Bonchev–Trinajstić information content (AvgIpc) is 3.09. The Labute approximate surface area is 107 Å². The molecule has 1 aromatic carbocycles. The molecule has 5 heteroatoms. The van der Waals surface area contributed by atoms with Crippen molar-refractivity contribution in [2.24, 2.45) is 5.92 Å². The first kappa shape index (κ1) is 11.9. The molecule has 1 amide bonds. The third-order valence-corrected chi connectivity index (χ3v) is 3.22. The maximum Gasteiger partial charge on any atom is 0.256 e. The molecule has 1 fully saturated rings. The molecule has 0 aromatic heterocycles. The fraction of sp³-hybridized carbons (Fsp3) is 0.333. The fourth-order valence-corrected chi connectivity index (χ4v) is 1.95. The highest BCUT2D eigenvalue weighted by atomic mass is 79.9. The number of nitrogens with zero attached hydrogens (tertiary/aromatic N) is 1. The van der Waals surface area contributed by atoms with Gasteiger partial charge in [0.2, 0.25) is 0 Å². The van der Waals surface area contributed by atoms with Gasteiger partial charge in [0.1, 0.15) is 11.8 Å². The minimum Gasteiger partial charge on any atom is -0.507 e. The second kappa shape index (κ2) is 4.76. The maximum absolute atomic E-state index is 11.8. The molecule has 1 aliphatic carbocycles. The number of aromatic hydroxyl groups is 1. The molecule has 1 atom stereocenters. The molecule has 1 saturated carbocycles. The summed E-state index contributed by atoms with van der Waals surface area (Å²) >= 11 is 3.20. The molecule has 0 heterocycles. The van der Waals surface area contributed by atoms with Gasteiger partial charge in [0.25, 0.3) is 5.91 Å². The van der Waals surface area contributed by atoms with Crippen LogP contribution in [0, 0.1) is 17.2 Å². The van der Waals surface area contributed by atoms with Gasteiger partial charge in [0.05, 0.1) is 11.6 Å². The Bertz CT molecular complexity index is 492. The van der Waals surface area contributed by atoms with Crippen LogP contribution in [0.3, 0.4) is 0 Å². The second-order valence-electron chi connectivity index (χ2n) is 4.08. The quantitative estimate of drug-likeness (QED) is 0.897. The molecular formula is C12H11BrN2O2. The van der Waals surface area contributed by atoms with E-state index in [0.29, 0.717) is 4.47 Å². The minimum atomic E-state index is -0.453. The smallest absolute Gasteiger partial charge is 0.256 e. The molecule has 2 N–H and O–H groups in total. The lowest BCUT2D eigenvalue weighted by atomic mass is 10.1. The van der Waals surface area contributed by atoms with Crippen LogP contribution in [-0.2, 0) is 0 Å². The van der Waals surface area contributed by atoms with Crippen molar-refractivity contribution >= 4 is 21.8 Å². The summed E-state index contributed by atoms with van der Waals surface area (Å²) in [6, 6.07) is 6.27. The summed E-state index contributed by atoms with van der Waals surface area (Å²) in [4.78, 5) is 11.8. The molecule has 88 valence electrons. The Hall–Kier alpha value is -1.54. The molecule has 0 saturated heterocycles. The Balaban J connectivity index is 2.11. The van der Waals surface area contributed by atoms with E-state index in [4.69, 9.17) is 5.26 Å². The van der Waals surface area contributed by atoms with Crippen LogP contribution in [0.2, 0.25) is 0 Å². The van der Waals surface area contributed by atoms with E-state index in [1.54, 1.807) is 6.07 Å². The molecule has 0 bridgehead atoms. The van der Waals surface area contributed by atoms with Crippen molar-refractivity contribution in [1.29, 1.82) is 5.26 Å². The first-order chi connectivity index (χ1) is 8.11. The number of amides is 1. The highest BCUT2D eigenvalue weighted by Gasteiger charge is 2.32. The minimum absolute atomic E-state index is 0.0932. The molecular weight excluding hydrogens is 284 g/mol. The van der Waals surface area contributed by atoms with Crippen molar-refractivity contribution in [2.45, 2.75) is 18.9 Å². The van der Waals surface area contributed by atoms with Gasteiger partial charge in [0.15, 0.2) is 0 Å². The van der Waals surface area contributed by atoms with Crippen molar-refractivity contribution in [3.05, 3.63) is 28.2 Å². The van der Waals surface area contributed by atoms with Crippen LogP contribution in [0.15, 0.2) is 22.7 Å². The molecule has 0 spiro atoms. The first-order valence-corrected chi connectivity index (χ1v) is 6.10. The molecule has 1 aromatic rings. The van der Waals surface area contributed by atoms with Crippen LogP contribution in [0.5, 0.6) is 5.75 Å². The SMILES string of the molecule is N#CC(NC(=O)c1ccc(Br)cc1O)C1CC1. The second-order valence-corrected chi connectivity index (χ2v) is 4.99. The van der Waals surface area contributed by atoms with E-state index in [9.17, 15) is 9.90 Å². The maximum atomic E-state index is 11.8. The number of hydrogen-bond donors (Lipinski definition) is 2. The monoisotopic (exact) mass is 294 g/mol. The third-order valence-electron chi connectivity index (χ3n) is 2.72. The van der Waals surface area contributed by atoms with Gasteiger partial charge in [-0.15, -0.1) is 0 Å². The number of phenolic OH excluding ortho intramolecular Hbond substituents is 1. The predicted octanol–water partition coefficient (Wildman–Crippen LogP) is 2.19. The topological polar surface area (TPSA) is 73.1 Å². The summed E-state index contributed by atoms with van der Waals surface area (Å²) in [6.07, 6.45) is 1.95. The average molecular weight is 295 g/mol. The van der Waals surface area contributed by atoms with E-state index in [1.807, 2.05) is 0 Å². The molecule has 17 heavy (non-hydrogen) atoms. The standard InChI is InChI=1S/C12H11BrN2O2/c13-8-3-4-9(11(16)5-8)12(17)15-10(6-14)7-1-2-7/h3-5,7,10,16H,1-2H2,(H,15,17). The van der Waals surface area contributed by atoms with Crippen LogP contribution in [0.4, 0.5) is 0 Å². The molecule has 4 nitrogen and oxygen atoms in total. The Morgan fingerprint density at radius 1 is 1.59 bits per heavy atom. The van der Waals surface area contributed by atoms with E-state index in [-0.39, 0.29) is 17.2 Å². The van der Waals surface area contributed by atoms with Gasteiger partial charge in [0, 0.05) is 4.47 Å². The zero-order chi connectivity index (χ0) is 12.4. The number of rotatable bonds is 3. The zero-order valence-electron chi connectivity index (χ0n) is 8.98. The third kappa shape index (κ3) is 2.77. The highest BCUT2D eigenvalue weighted by Crippen LogP contribution is 2.32. The molecule has 0 radical (unpaired) electrons. The van der Waals surface area contributed by atoms with Crippen LogP contribution in [-0.4, -0.2) is 17.1 Å². The first-order valence-electron chi connectivity index (χ1n) is 5.31. The predicted molar refractivity (Wildman–Crippen MR) is 65.4 cm³/mol. The van der Waals surface area contributed by atoms with Crippen LogP contribution in [0.25, 0.3) is 0 Å². The summed E-state index contributed by atoms with van der Waals surface area (Å²) in [5, 5.41) is 21.2. The highest BCUT2D eigenvalue weighted by molar-refractivity contribution is 9.10. The van der Waals surface area contributed by atoms with E-state index in [2.05, 4.69) is 27.3 Å². The van der Waals surface area contributed by atoms with Gasteiger partial charge in [-0.1, -0.05) is 15.9 Å². The van der Waals surface area contributed by atoms with Gasteiger partial charge in [-0.25, -0.2) is 0 Å². The van der Waals surface area contributed by atoms with Gasteiger partial charge < -0.3 is 10.4 Å². The normalized spacial score (nSPS) is 16.0. The number of carbonyl (C=O) groups is 1.